The van der Waals surface area contributed by atoms with Crippen molar-refractivity contribution >= 4 is 22.7 Å². The summed E-state index contributed by atoms with van der Waals surface area (Å²) in [5.74, 6) is 0. The standard InChI is InChI=1S/C14H16OS/c1-2-7-12(8-3-1)16-14-10-11-6-4-5-9-13(11)15-14/h4-6,9-10,12H,1-3,7-8H2. The Labute approximate surface area is 100 Å². The molecule has 0 amide bonds. The Balaban J connectivity index is 1.78. The Hall–Kier alpha value is -0.890. The minimum atomic E-state index is 0.773. The highest BCUT2D eigenvalue weighted by Crippen LogP contribution is 2.36. The molecule has 1 aliphatic carbocycles. The van der Waals surface area contributed by atoms with E-state index >= 15 is 0 Å². The molecule has 0 atom stereocenters. The second kappa shape index (κ2) is 4.54. The fourth-order valence-corrected chi connectivity index (χ4v) is 3.59. The van der Waals surface area contributed by atoms with Gasteiger partial charge in [0.25, 0.3) is 0 Å². The average Bonchev–Trinajstić information content (AvgIpc) is 2.72. The number of rotatable bonds is 2. The molecule has 1 aliphatic rings. The van der Waals surface area contributed by atoms with Crippen LogP contribution in [0.3, 0.4) is 0 Å². The Morgan fingerprint density at radius 3 is 2.69 bits per heavy atom. The summed E-state index contributed by atoms with van der Waals surface area (Å²) in [5.41, 5.74) is 1.01. The van der Waals surface area contributed by atoms with Crippen molar-refractivity contribution in [1.82, 2.24) is 0 Å². The molecule has 16 heavy (non-hydrogen) atoms. The molecule has 1 fully saturated rings. The van der Waals surface area contributed by atoms with Crippen LogP contribution in [-0.2, 0) is 0 Å². The van der Waals surface area contributed by atoms with Crippen LogP contribution in [0.2, 0.25) is 0 Å². The molecule has 1 heterocycles. The lowest BCUT2D eigenvalue weighted by Crippen LogP contribution is -2.07. The number of hydrogen-bond acceptors (Lipinski definition) is 2. The summed E-state index contributed by atoms with van der Waals surface area (Å²) in [6.45, 7) is 0. The minimum Gasteiger partial charge on any atom is -0.450 e. The lowest BCUT2D eigenvalue weighted by molar-refractivity contribution is 0.494. The molecule has 0 aliphatic heterocycles. The largest absolute Gasteiger partial charge is 0.450 e. The summed E-state index contributed by atoms with van der Waals surface area (Å²) in [7, 11) is 0. The molecule has 0 saturated heterocycles. The topological polar surface area (TPSA) is 13.1 Å². The van der Waals surface area contributed by atoms with Gasteiger partial charge in [0.2, 0.25) is 0 Å². The fourth-order valence-electron chi connectivity index (χ4n) is 2.36. The first-order valence-corrected chi connectivity index (χ1v) is 6.95. The maximum atomic E-state index is 5.83. The summed E-state index contributed by atoms with van der Waals surface area (Å²) in [4.78, 5) is 0. The van der Waals surface area contributed by atoms with E-state index in [9.17, 15) is 0 Å². The number of fused-ring (bicyclic) bond motifs is 1. The van der Waals surface area contributed by atoms with E-state index in [2.05, 4.69) is 18.2 Å². The Bertz CT molecular complexity index is 435. The van der Waals surface area contributed by atoms with Crippen LogP contribution >= 0.6 is 11.8 Å². The third kappa shape index (κ3) is 2.12. The highest BCUT2D eigenvalue weighted by molar-refractivity contribution is 7.99. The molecular formula is C14H16OS. The van der Waals surface area contributed by atoms with Crippen molar-refractivity contribution in [2.45, 2.75) is 42.4 Å². The van der Waals surface area contributed by atoms with Crippen molar-refractivity contribution in [3.05, 3.63) is 30.3 Å². The number of para-hydroxylation sites is 1. The normalized spacial score (nSPS) is 18.0. The zero-order chi connectivity index (χ0) is 10.8. The molecule has 2 aromatic rings. The second-order valence-corrected chi connectivity index (χ2v) is 5.79. The second-order valence-electron chi connectivity index (χ2n) is 4.48. The Morgan fingerprint density at radius 2 is 1.88 bits per heavy atom. The van der Waals surface area contributed by atoms with Crippen LogP contribution in [0.15, 0.2) is 39.8 Å². The van der Waals surface area contributed by atoms with E-state index in [-0.39, 0.29) is 0 Å². The summed E-state index contributed by atoms with van der Waals surface area (Å²) in [6.07, 6.45) is 6.89. The van der Waals surface area contributed by atoms with Gasteiger partial charge >= 0.3 is 0 Å². The molecule has 84 valence electrons. The van der Waals surface area contributed by atoms with Gasteiger partial charge in [0, 0.05) is 10.6 Å². The molecule has 0 bridgehead atoms. The van der Waals surface area contributed by atoms with Gasteiger partial charge in [-0.25, -0.2) is 0 Å². The first-order chi connectivity index (χ1) is 7.92. The number of thioether (sulfide) groups is 1. The Kier molecular flexibility index (Phi) is 2.92. The lowest BCUT2D eigenvalue weighted by Gasteiger charge is -2.19. The van der Waals surface area contributed by atoms with Crippen LogP contribution in [0.4, 0.5) is 0 Å². The van der Waals surface area contributed by atoms with E-state index in [1.807, 2.05) is 23.9 Å². The van der Waals surface area contributed by atoms with Crippen LogP contribution in [-0.4, -0.2) is 5.25 Å². The van der Waals surface area contributed by atoms with Gasteiger partial charge < -0.3 is 4.42 Å². The van der Waals surface area contributed by atoms with Crippen molar-refractivity contribution in [1.29, 1.82) is 0 Å². The van der Waals surface area contributed by atoms with Gasteiger partial charge in [-0.05, 0) is 25.0 Å². The highest BCUT2D eigenvalue weighted by atomic mass is 32.2. The summed E-state index contributed by atoms with van der Waals surface area (Å²) in [6, 6.07) is 10.4. The first kappa shape index (κ1) is 10.3. The predicted molar refractivity (Wildman–Crippen MR) is 68.9 cm³/mol. The summed E-state index contributed by atoms with van der Waals surface area (Å²) < 4.78 is 5.83. The maximum Gasteiger partial charge on any atom is 0.161 e. The zero-order valence-corrected chi connectivity index (χ0v) is 10.1. The van der Waals surface area contributed by atoms with Crippen molar-refractivity contribution < 1.29 is 4.42 Å². The lowest BCUT2D eigenvalue weighted by atomic mass is 10.0. The molecule has 2 heteroatoms. The molecule has 0 N–H and O–H groups in total. The van der Waals surface area contributed by atoms with Crippen molar-refractivity contribution in [3.8, 4) is 0 Å². The van der Waals surface area contributed by atoms with E-state index in [4.69, 9.17) is 4.42 Å². The summed E-state index contributed by atoms with van der Waals surface area (Å²) in [5, 5.41) is 3.09. The monoisotopic (exact) mass is 232 g/mol. The third-order valence-corrected chi connectivity index (χ3v) is 4.48. The highest BCUT2D eigenvalue weighted by Gasteiger charge is 2.16. The quantitative estimate of drug-likeness (QED) is 0.733. The van der Waals surface area contributed by atoms with Gasteiger partial charge in [0.15, 0.2) is 5.09 Å². The number of benzene rings is 1. The van der Waals surface area contributed by atoms with Crippen molar-refractivity contribution in [2.24, 2.45) is 0 Å². The first-order valence-electron chi connectivity index (χ1n) is 6.07. The smallest absolute Gasteiger partial charge is 0.161 e. The SMILES string of the molecule is c1ccc2oc(SC3CCCCC3)cc2c1. The average molecular weight is 232 g/mol. The van der Waals surface area contributed by atoms with Gasteiger partial charge in [0.05, 0.1) is 0 Å². The summed E-state index contributed by atoms with van der Waals surface area (Å²) >= 11 is 1.92. The predicted octanol–water partition coefficient (Wildman–Crippen LogP) is 4.86. The maximum absolute atomic E-state index is 5.83. The van der Waals surface area contributed by atoms with Gasteiger partial charge in [0.1, 0.15) is 5.58 Å². The van der Waals surface area contributed by atoms with Crippen LogP contribution in [0.25, 0.3) is 11.0 Å². The van der Waals surface area contributed by atoms with E-state index in [0.29, 0.717) is 0 Å². The van der Waals surface area contributed by atoms with E-state index in [1.54, 1.807) is 0 Å². The van der Waals surface area contributed by atoms with Crippen LogP contribution < -0.4 is 0 Å². The van der Waals surface area contributed by atoms with Crippen molar-refractivity contribution in [3.63, 3.8) is 0 Å². The zero-order valence-electron chi connectivity index (χ0n) is 9.32. The van der Waals surface area contributed by atoms with E-state index in [1.165, 1.54) is 37.5 Å². The number of furan rings is 1. The van der Waals surface area contributed by atoms with Gasteiger partial charge in [-0.15, -0.1) is 0 Å². The fraction of sp³-hybridized carbons (Fsp3) is 0.429. The Morgan fingerprint density at radius 1 is 1.06 bits per heavy atom. The van der Waals surface area contributed by atoms with Gasteiger partial charge in [-0.2, -0.15) is 0 Å². The molecule has 1 aromatic heterocycles. The van der Waals surface area contributed by atoms with E-state index < -0.39 is 0 Å². The molecule has 1 aromatic carbocycles. The van der Waals surface area contributed by atoms with Crippen LogP contribution in [0.5, 0.6) is 0 Å². The molecule has 1 nitrogen and oxygen atoms in total. The van der Waals surface area contributed by atoms with Gasteiger partial charge in [-0.1, -0.05) is 49.2 Å². The molecule has 0 unspecified atom stereocenters. The van der Waals surface area contributed by atoms with Crippen LogP contribution in [0, 0.1) is 0 Å². The van der Waals surface area contributed by atoms with Crippen molar-refractivity contribution in [2.75, 3.05) is 0 Å². The number of hydrogen-bond donors (Lipinski definition) is 0. The molecule has 0 spiro atoms. The molecular weight excluding hydrogens is 216 g/mol. The molecule has 0 radical (unpaired) electrons. The minimum absolute atomic E-state index is 0.773. The molecule has 1 saturated carbocycles. The molecule has 3 rings (SSSR count). The third-order valence-electron chi connectivity index (χ3n) is 3.24. The van der Waals surface area contributed by atoms with E-state index in [0.717, 1.165) is 15.9 Å². The van der Waals surface area contributed by atoms with Crippen LogP contribution in [0.1, 0.15) is 32.1 Å². The van der Waals surface area contributed by atoms with Gasteiger partial charge in [-0.3, -0.25) is 0 Å².